The molecule has 1 heterocycles. The van der Waals surface area contributed by atoms with Gasteiger partial charge in [-0.3, -0.25) is 0 Å². The molecular weight excluding hydrogens is 254 g/mol. The predicted molar refractivity (Wildman–Crippen MR) is 93.4 cm³/mol. The topological polar surface area (TPSA) is 4.93 Å². The molecule has 1 atom stereocenters. The van der Waals surface area contributed by atoms with Gasteiger partial charge in [0.25, 0.3) is 0 Å². The first kappa shape index (κ1) is 16.6. The molecule has 0 radical (unpaired) electrons. The third kappa shape index (κ3) is 3.38. The molecule has 0 N–H and O–H groups in total. The van der Waals surface area contributed by atoms with Crippen LogP contribution < -0.4 is 0 Å². The highest BCUT2D eigenvalue weighted by Crippen LogP contribution is 2.40. The number of nitrogens with zero attached hydrogens (tertiary/aromatic N) is 1. The van der Waals surface area contributed by atoms with Crippen LogP contribution in [0.25, 0.3) is 0 Å². The van der Waals surface area contributed by atoms with Gasteiger partial charge >= 0.3 is 0 Å². The minimum atomic E-state index is 0.218. The summed E-state index contributed by atoms with van der Waals surface area (Å²) in [6.07, 6.45) is 10.7. The molecule has 0 saturated carbocycles. The van der Waals surface area contributed by atoms with Crippen LogP contribution in [0, 0.1) is 6.92 Å². The lowest BCUT2D eigenvalue weighted by Crippen LogP contribution is -2.27. The molecule has 1 aromatic heterocycles. The molecule has 1 aliphatic rings. The van der Waals surface area contributed by atoms with E-state index in [-0.39, 0.29) is 5.54 Å². The second-order valence-corrected chi connectivity index (χ2v) is 8.04. The van der Waals surface area contributed by atoms with Crippen molar-refractivity contribution in [2.75, 3.05) is 0 Å². The Morgan fingerprint density at radius 1 is 1.14 bits per heavy atom. The van der Waals surface area contributed by atoms with E-state index < -0.39 is 0 Å². The van der Waals surface area contributed by atoms with Gasteiger partial charge in [-0.25, -0.2) is 0 Å². The molecule has 0 aliphatic heterocycles. The van der Waals surface area contributed by atoms with Crippen molar-refractivity contribution in [1.82, 2.24) is 4.57 Å². The van der Waals surface area contributed by atoms with E-state index >= 15 is 0 Å². The molecule has 0 saturated heterocycles. The molecule has 2 rings (SSSR count). The van der Waals surface area contributed by atoms with Gasteiger partial charge in [0.1, 0.15) is 0 Å². The van der Waals surface area contributed by atoms with Crippen LogP contribution in [0.3, 0.4) is 0 Å². The summed E-state index contributed by atoms with van der Waals surface area (Å²) in [5.41, 5.74) is 6.82. The molecule has 1 heteroatoms. The number of rotatable bonds is 5. The zero-order valence-corrected chi connectivity index (χ0v) is 15.2. The normalized spacial score (nSPS) is 18.9. The van der Waals surface area contributed by atoms with Crippen molar-refractivity contribution in [3.8, 4) is 0 Å². The summed E-state index contributed by atoms with van der Waals surface area (Å²) in [7, 11) is 0. The standard InChI is InChI=1S/C20H35N/c1-7-8-9-10-13-17-16(3)19-15(2)12-11-14-18(19)21(17)20(4,5)6/h15H,7-14H2,1-6H3. The molecule has 0 spiro atoms. The van der Waals surface area contributed by atoms with Crippen molar-refractivity contribution in [3.63, 3.8) is 0 Å². The first-order chi connectivity index (χ1) is 9.88. The van der Waals surface area contributed by atoms with Crippen molar-refractivity contribution < 1.29 is 0 Å². The van der Waals surface area contributed by atoms with Crippen LogP contribution in [0.5, 0.6) is 0 Å². The predicted octanol–water partition coefficient (Wildman–Crippen LogP) is 6.11. The summed E-state index contributed by atoms with van der Waals surface area (Å²) in [6.45, 7) is 14.2. The van der Waals surface area contributed by atoms with Crippen molar-refractivity contribution in [2.45, 2.75) is 104 Å². The van der Waals surface area contributed by atoms with Crippen LogP contribution >= 0.6 is 0 Å². The van der Waals surface area contributed by atoms with E-state index in [0.29, 0.717) is 0 Å². The van der Waals surface area contributed by atoms with Gasteiger partial charge in [-0.1, -0.05) is 33.1 Å². The Labute approximate surface area is 132 Å². The van der Waals surface area contributed by atoms with Gasteiger partial charge in [0.15, 0.2) is 0 Å². The number of unbranched alkanes of at least 4 members (excludes halogenated alkanes) is 3. The van der Waals surface area contributed by atoms with Crippen molar-refractivity contribution in [1.29, 1.82) is 0 Å². The summed E-state index contributed by atoms with van der Waals surface area (Å²) in [4.78, 5) is 0. The van der Waals surface area contributed by atoms with Crippen molar-refractivity contribution in [3.05, 3.63) is 22.5 Å². The molecule has 0 amide bonds. The Morgan fingerprint density at radius 3 is 2.48 bits per heavy atom. The largest absolute Gasteiger partial charge is 0.343 e. The summed E-state index contributed by atoms with van der Waals surface area (Å²) < 4.78 is 2.71. The second-order valence-electron chi connectivity index (χ2n) is 8.04. The molecule has 0 aromatic carbocycles. The van der Waals surface area contributed by atoms with Gasteiger partial charge in [-0.15, -0.1) is 0 Å². The smallest absolute Gasteiger partial charge is 0.0361 e. The SMILES string of the molecule is CCCCCCc1c(C)c2c(n1C(C)(C)C)CCCC2C. The number of aromatic nitrogens is 1. The molecule has 1 unspecified atom stereocenters. The van der Waals surface area contributed by atoms with Gasteiger partial charge in [0, 0.05) is 16.9 Å². The molecule has 0 bridgehead atoms. The zero-order valence-electron chi connectivity index (χ0n) is 15.2. The van der Waals surface area contributed by atoms with Crippen LogP contribution in [0.1, 0.15) is 102 Å². The van der Waals surface area contributed by atoms with E-state index in [2.05, 4.69) is 46.1 Å². The Morgan fingerprint density at radius 2 is 1.86 bits per heavy atom. The highest BCUT2D eigenvalue weighted by Gasteiger charge is 2.30. The number of fused-ring (bicyclic) bond motifs is 1. The molecule has 1 nitrogen and oxygen atoms in total. The maximum atomic E-state index is 2.71. The highest BCUT2D eigenvalue weighted by atomic mass is 15.1. The monoisotopic (exact) mass is 289 g/mol. The van der Waals surface area contributed by atoms with E-state index in [1.54, 1.807) is 22.5 Å². The first-order valence-corrected chi connectivity index (χ1v) is 9.11. The number of hydrogen-bond donors (Lipinski definition) is 0. The Kier molecular flexibility index (Phi) is 5.22. The van der Waals surface area contributed by atoms with Crippen LogP contribution in [-0.2, 0) is 18.4 Å². The highest BCUT2D eigenvalue weighted by molar-refractivity contribution is 5.42. The van der Waals surface area contributed by atoms with E-state index in [1.165, 1.54) is 51.4 Å². The summed E-state index contributed by atoms with van der Waals surface area (Å²) in [5.74, 6) is 0.756. The summed E-state index contributed by atoms with van der Waals surface area (Å²) >= 11 is 0. The van der Waals surface area contributed by atoms with Crippen molar-refractivity contribution in [2.24, 2.45) is 0 Å². The maximum absolute atomic E-state index is 2.71. The first-order valence-electron chi connectivity index (χ1n) is 9.11. The van der Waals surface area contributed by atoms with Gasteiger partial charge in [-0.05, 0) is 76.8 Å². The minimum absolute atomic E-state index is 0.218. The van der Waals surface area contributed by atoms with Crippen LogP contribution in [-0.4, -0.2) is 4.57 Å². The minimum Gasteiger partial charge on any atom is -0.343 e. The van der Waals surface area contributed by atoms with E-state index in [9.17, 15) is 0 Å². The lowest BCUT2D eigenvalue weighted by atomic mass is 9.85. The summed E-state index contributed by atoms with van der Waals surface area (Å²) in [5, 5.41) is 0. The fraction of sp³-hybridized carbons (Fsp3) is 0.800. The fourth-order valence-electron chi connectivity index (χ4n) is 4.27. The second kappa shape index (κ2) is 6.58. The van der Waals surface area contributed by atoms with E-state index in [0.717, 1.165) is 5.92 Å². The molecule has 1 aromatic rings. The van der Waals surface area contributed by atoms with E-state index in [4.69, 9.17) is 0 Å². The summed E-state index contributed by atoms with van der Waals surface area (Å²) in [6, 6.07) is 0. The van der Waals surface area contributed by atoms with Crippen LogP contribution in [0.4, 0.5) is 0 Å². The Bertz CT molecular complexity index is 473. The maximum Gasteiger partial charge on any atom is 0.0361 e. The van der Waals surface area contributed by atoms with Gasteiger partial charge in [0.05, 0.1) is 0 Å². The van der Waals surface area contributed by atoms with Gasteiger partial charge in [0.2, 0.25) is 0 Å². The molecule has 0 fully saturated rings. The molecular formula is C20H35N. The molecule has 1 aliphatic carbocycles. The lowest BCUT2D eigenvalue weighted by Gasteiger charge is -2.30. The Balaban J connectivity index is 2.38. The lowest BCUT2D eigenvalue weighted by molar-refractivity contribution is 0.364. The number of hydrogen-bond acceptors (Lipinski definition) is 0. The third-order valence-electron chi connectivity index (χ3n) is 5.17. The zero-order chi connectivity index (χ0) is 15.6. The van der Waals surface area contributed by atoms with E-state index in [1.807, 2.05) is 0 Å². The molecule has 21 heavy (non-hydrogen) atoms. The molecule has 120 valence electrons. The van der Waals surface area contributed by atoms with Gasteiger partial charge in [-0.2, -0.15) is 0 Å². The quantitative estimate of drug-likeness (QED) is 0.576. The Hall–Kier alpha value is -0.720. The van der Waals surface area contributed by atoms with Crippen LogP contribution in [0.2, 0.25) is 0 Å². The van der Waals surface area contributed by atoms with Crippen LogP contribution in [0.15, 0.2) is 0 Å². The third-order valence-corrected chi connectivity index (χ3v) is 5.17. The van der Waals surface area contributed by atoms with Crippen molar-refractivity contribution >= 4 is 0 Å². The average molecular weight is 290 g/mol. The average Bonchev–Trinajstić information content (AvgIpc) is 2.69. The fourth-order valence-corrected chi connectivity index (χ4v) is 4.27. The van der Waals surface area contributed by atoms with Gasteiger partial charge < -0.3 is 4.57 Å².